The number of Topliss-reactive ketones (excluding diaryl/α,β-unsaturated/α-hetero) is 1. The highest BCUT2D eigenvalue weighted by molar-refractivity contribution is 7.86. The molecule has 0 spiro atoms. The van der Waals surface area contributed by atoms with Gasteiger partial charge >= 0.3 is 17.4 Å². The van der Waals surface area contributed by atoms with Crippen LogP contribution in [0, 0.1) is 6.92 Å². The Morgan fingerprint density at radius 3 is 1.74 bits per heavy atom. The van der Waals surface area contributed by atoms with Gasteiger partial charge in [0.1, 0.15) is 5.75 Å². The molecule has 5 aromatic rings. The van der Waals surface area contributed by atoms with Crippen molar-refractivity contribution in [1.82, 2.24) is 0 Å². The van der Waals surface area contributed by atoms with Gasteiger partial charge < -0.3 is 14.4 Å². The number of carbonyl (C=O) groups excluding carboxylic acids is 2. The molecular weight excluding hydrogens is 591 g/mol. The lowest BCUT2D eigenvalue weighted by Crippen LogP contribution is -2.40. The van der Waals surface area contributed by atoms with Crippen LogP contribution >= 0.6 is 0 Å². The number of esters is 1. The Bertz CT molecular complexity index is 1980. The van der Waals surface area contributed by atoms with Crippen molar-refractivity contribution >= 4 is 60.4 Å². The second-order valence-corrected chi connectivity index (χ2v) is 10.7. The SMILES string of the molecule is CC(=O)c1cc(C)c(OC(=O)c2c3ccccc3[n+](CC(=O)O)c3ccccc23)c2ccccc12.O=S(=O)([O-])C(F)(F)F. The van der Waals surface area contributed by atoms with Crippen molar-refractivity contribution in [2.45, 2.75) is 25.9 Å². The number of rotatable bonds is 5. The highest BCUT2D eigenvalue weighted by atomic mass is 32.2. The molecule has 43 heavy (non-hydrogen) atoms. The summed E-state index contributed by atoms with van der Waals surface area (Å²) in [4.78, 5) is 37.6. The van der Waals surface area contributed by atoms with Crippen molar-refractivity contribution in [2.75, 3.05) is 0 Å². The van der Waals surface area contributed by atoms with Gasteiger partial charge in [-0.05, 0) is 43.0 Å². The molecule has 1 N–H and O–H groups in total. The van der Waals surface area contributed by atoms with Crippen LogP contribution in [0.4, 0.5) is 13.2 Å². The fraction of sp³-hybridized carbons (Fsp3) is 0.133. The lowest BCUT2D eigenvalue weighted by atomic mass is 9.97. The van der Waals surface area contributed by atoms with Gasteiger partial charge in [0.15, 0.2) is 15.9 Å². The van der Waals surface area contributed by atoms with Crippen LogP contribution in [0.3, 0.4) is 0 Å². The van der Waals surface area contributed by atoms with Crippen molar-refractivity contribution in [3.8, 4) is 5.75 Å². The molecule has 0 fully saturated rings. The number of carbonyl (C=O) groups is 3. The Kier molecular flexibility index (Phi) is 8.51. The summed E-state index contributed by atoms with van der Waals surface area (Å²) in [6, 6.07) is 23.5. The molecule has 222 valence electrons. The van der Waals surface area contributed by atoms with Gasteiger partial charge in [0, 0.05) is 23.1 Å². The molecule has 0 aliphatic rings. The predicted octanol–water partition coefficient (Wildman–Crippen LogP) is 5.30. The second kappa shape index (κ2) is 11.8. The van der Waals surface area contributed by atoms with Crippen LogP contribution in [0.2, 0.25) is 0 Å². The molecule has 0 aliphatic carbocycles. The van der Waals surface area contributed by atoms with Crippen molar-refractivity contribution in [2.24, 2.45) is 0 Å². The smallest absolute Gasteiger partial charge is 0.485 e. The third kappa shape index (κ3) is 6.32. The maximum atomic E-state index is 13.8. The number of benzene rings is 4. The zero-order valence-corrected chi connectivity index (χ0v) is 23.3. The normalized spacial score (nSPS) is 11.7. The van der Waals surface area contributed by atoms with E-state index < -0.39 is 27.6 Å². The van der Waals surface area contributed by atoms with Crippen LogP contribution in [0.25, 0.3) is 32.6 Å². The largest absolute Gasteiger partial charge is 0.741 e. The molecule has 4 aromatic carbocycles. The summed E-state index contributed by atoms with van der Waals surface area (Å²) in [5, 5.41) is 12.1. The summed E-state index contributed by atoms with van der Waals surface area (Å²) in [7, 11) is -6.09. The molecule has 5 rings (SSSR count). The third-order valence-electron chi connectivity index (χ3n) is 6.46. The molecule has 0 bridgehead atoms. The predicted molar refractivity (Wildman–Crippen MR) is 149 cm³/mol. The second-order valence-electron chi connectivity index (χ2n) is 9.35. The first-order valence-corrected chi connectivity index (χ1v) is 13.8. The Morgan fingerprint density at radius 2 is 1.30 bits per heavy atom. The number of fused-ring (bicyclic) bond motifs is 3. The number of ketones is 1. The molecule has 0 radical (unpaired) electrons. The van der Waals surface area contributed by atoms with E-state index in [1.165, 1.54) is 6.92 Å². The lowest BCUT2D eigenvalue weighted by molar-refractivity contribution is -0.633. The quantitative estimate of drug-likeness (QED) is 0.0536. The Labute approximate surface area is 242 Å². The zero-order valence-electron chi connectivity index (χ0n) is 22.5. The molecule has 9 nitrogen and oxygen atoms in total. The summed E-state index contributed by atoms with van der Waals surface area (Å²) in [6.45, 7) is 3.08. The average Bonchev–Trinajstić information content (AvgIpc) is 2.93. The van der Waals surface area contributed by atoms with Crippen LogP contribution in [-0.2, 0) is 21.5 Å². The first-order chi connectivity index (χ1) is 20.1. The number of carboxylic acid groups (broad SMARTS) is 1. The van der Waals surface area contributed by atoms with Crippen LogP contribution in [0.1, 0.15) is 33.2 Å². The number of aromatic nitrogens is 1. The van der Waals surface area contributed by atoms with E-state index in [1.807, 2.05) is 43.3 Å². The molecule has 0 unspecified atom stereocenters. The maximum Gasteiger partial charge on any atom is 0.485 e. The number of aliphatic carboxylic acids is 1. The van der Waals surface area contributed by atoms with Gasteiger partial charge in [0.25, 0.3) is 0 Å². The molecule has 1 heterocycles. The topological polar surface area (TPSA) is 142 Å². The van der Waals surface area contributed by atoms with Crippen LogP contribution in [-0.4, -0.2) is 41.3 Å². The van der Waals surface area contributed by atoms with Gasteiger partial charge in [-0.1, -0.05) is 48.5 Å². The van der Waals surface area contributed by atoms with E-state index in [2.05, 4.69) is 0 Å². The molecule has 0 atom stereocenters. The van der Waals surface area contributed by atoms with Gasteiger partial charge in [-0.25, -0.2) is 18.0 Å². The first-order valence-electron chi connectivity index (χ1n) is 12.4. The lowest BCUT2D eigenvalue weighted by Gasteiger charge is -2.15. The Hall–Kier alpha value is -4.88. The van der Waals surface area contributed by atoms with Gasteiger partial charge in [-0.2, -0.15) is 17.7 Å². The number of carboxylic acids is 1. The van der Waals surface area contributed by atoms with Gasteiger partial charge in [0.2, 0.25) is 17.6 Å². The average molecular weight is 614 g/mol. The van der Waals surface area contributed by atoms with E-state index in [9.17, 15) is 32.7 Å². The molecule has 1 aromatic heterocycles. The minimum Gasteiger partial charge on any atom is -0.741 e. The Morgan fingerprint density at radius 1 is 0.860 bits per heavy atom. The van der Waals surface area contributed by atoms with E-state index in [-0.39, 0.29) is 12.3 Å². The summed E-state index contributed by atoms with van der Waals surface area (Å²) in [5.41, 5.74) is -2.80. The van der Waals surface area contributed by atoms with E-state index in [1.54, 1.807) is 47.0 Å². The molecule has 0 saturated carbocycles. The summed E-state index contributed by atoms with van der Waals surface area (Å²) >= 11 is 0. The standard InChI is InChI=1S/C29H21NO5.CHF3O3S/c1-17-15-23(18(2)31)19-9-3-4-10-20(19)28(17)35-29(34)27-21-11-5-7-13-24(21)30(16-26(32)33)25-14-8-6-12-22(25)27;2-1(3,4)8(5,6)7/h3-15H,16H2,1-2H3;(H,5,6,7). The number of ether oxygens (including phenoxy) is 1. The third-order valence-corrected chi connectivity index (χ3v) is 7.03. The van der Waals surface area contributed by atoms with Crippen LogP contribution < -0.4 is 9.30 Å². The van der Waals surface area contributed by atoms with E-state index in [0.717, 1.165) is 5.39 Å². The van der Waals surface area contributed by atoms with Crippen molar-refractivity contribution in [3.05, 3.63) is 95.6 Å². The highest BCUT2D eigenvalue weighted by Gasteiger charge is 2.37. The van der Waals surface area contributed by atoms with Gasteiger partial charge in [-0.15, -0.1) is 0 Å². The monoisotopic (exact) mass is 613 g/mol. The van der Waals surface area contributed by atoms with E-state index in [4.69, 9.17) is 17.7 Å². The minimum atomic E-state index is -6.09. The summed E-state index contributed by atoms with van der Waals surface area (Å²) in [5.74, 6) is -1.20. The van der Waals surface area contributed by atoms with Crippen molar-refractivity contribution < 1.29 is 54.9 Å². The van der Waals surface area contributed by atoms with Crippen LogP contribution in [0.5, 0.6) is 5.75 Å². The first kappa shape index (κ1) is 31.1. The fourth-order valence-corrected chi connectivity index (χ4v) is 4.70. The zero-order chi connectivity index (χ0) is 31.7. The molecule has 0 saturated heterocycles. The molecule has 0 amide bonds. The minimum absolute atomic E-state index is 0.0646. The molecule has 13 heteroatoms. The highest BCUT2D eigenvalue weighted by Crippen LogP contribution is 2.34. The number of alkyl halides is 3. The fourth-order valence-electron chi connectivity index (χ4n) is 4.70. The summed E-state index contributed by atoms with van der Waals surface area (Å²) < 4.78 is 66.6. The van der Waals surface area contributed by atoms with E-state index >= 15 is 0 Å². The Balaban J connectivity index is 0.000000467. The van der Waals surface area contributed by atoms with Crippen molar-refractivity contribution in [3.63, 3.8) is 0 Å². The number of pyridine rings is 1. The number of aryl methyl sites for hydroxylation is 1. The van der Waals surface area contributed by atoms with Crippen molar-refractivity contribution in [1.29, 1.82) is 0 Å². The number of para-hydroxylation sites is 2. The van der Waals surface area contributed by atoms with E-state index in [0.29, 0.717) is 49.6 Å². The number of hydrogen-bond donors (Lipinski definition) is 1. The number of nitrogens with zero attached hydrogens (tertiary/aromatic N) is 1. The van der Waals surface area contributed by atoms with Gasteiger partial charge in [-0.3, -0.25) is 4.79 Å². The van der Waals surface area contributed by atoms with Gasteiger partial charge in [0.05, 0.1) is 16.3 Å². The molecular formula is C30H22F3NO8S. The van der Waals surface area contributed by atoms with Crippen LogP contribution in [0.15, 0.2) is 78.9 Å². The number of halogens is 3. The summed E-state index contributed by atoms with van der Waals surface area (Å²) in [6.07, 6.45) is 0. The maximum absolute atomic E-state index is 13.8. The molecule has 0 aliphatic heterocycles. The number of hydrogen-bond acceptors (Lipinski definition) is 7.